The van der Waals surface area contributed by atoms with E-state index in [9.17, 15) is 4.79 Å². The van der Waals surface area contributed by atoms with E-state index < -0.39 is 0 Å². The lowest BCUT2D eigenvalue weighted by molar-refractivity contribution is 0.224. The van der Waals surface area contributed by atoms with Crippen LogP contribution in [0.2, 0.25) is 0 Å². The van der Waals surface area contributed by atoms with Crippen LogP contribution in [-0.4, -0.2) is 24.5 Å². The lowest BCUT2D eigenvalue weighted by atomic mass is 10.3. The molecule has 0 unspecified atom stereocenters. The van der Waals surface area contributed by atoms with Gasteiger partial charge in [-0.05, 0) is 35.0 Å². The number of hydrogen-bond acceptors (Lipinski definition) is 2. The van der Waals surface area contributed by atoms with E-state index in [2.05, 4.69) is 37.2 Å². The molecule has 0 radical (unpaired) electrons. The average Bonchev–Trinajstić information content (AvgIpc) is 2.21. The molecule has 0 aliphatic heterocycles. The molecule has 2 amide bonds. The molecule has 3 N–H and O–H groups in total. The molecular formula is C10H13Br2N3O. The molecule has 88 valence electrons. The molecule has 0 saturated carbocycles. The minimum atomic E-state index is -0.183. The first-order valence-electron chi connectivity index (χ1n) is 4.72. The number of nitrogens with zero attached hydrogens (tertiary/aromatic N) is 1. The molecule has 0 aliphatic carbocycles. The van der Waals surface area contributed by atoms with Crippen molar-refractivity contribution in [3.63, 3.8) is 0 Å². The highest BCUT2D eigenvalue weighted by molar-refractivity contribution is 9.11. The number of carbonyl (C=O) groups is 1. The van der Waals surface area contributed by atoms with E-state index >= 15 is 0 Å². The highest BCUT2D eigenvalue weighted by atomic mass is 79.9. The molecule has 0 bridgehead atoms. The van der Waals surface area contributed by atoms with Gasteiger partial charge in [0.15, 0.2) is 0 Å². The molecular weight excluding hydrogens is 338 g/mol. The standard InChI is InChI=1S/C10H13Br2N3O/c1-3-15(2)10(16)14-9-7(12)4-6(11)5-8(9)13/h4-5H,3,13H2,1-2H3,(H,14,16). The number of urea groups is 1. The van der Waals surface area contributed by atoms with Gasteiger partial charge >= 0.3 is 6.03 Å². The zero-order valence-electron chi connectivity index (χ0n) is 9.05. The van der Waals surface area contributed by atoms with Crippen molar-refractivity contribution in [2.24, 2.45) is 0 Å². The zero-order chi connectivity index (χ0) is 12.3. The Morgan fingerprint density at radius 2 is 2.12 bits per heavy atom. The zero-order valence-corrected chi connectivity index (χ0v) is 12.2. The minimum absolute atomic E-state index is 0.183. The van der Waals surface area contributed by atoms with Gasteiger partial charge in [-0.1, -0.05) is 15.9 Å². The summed E-state index contributed by atoms with van der Waals surface area (Å²) >= 11 is 6.68. The number of rotatable bonds is 2. The monoisotopic (exact) mass is 349 g/mol. The first-order valence-corrected chi connectivity index (χ1v) is 6.31. The van der Waals surface area contributed by atoms with E-state index in [1.54, 1.807) is 18.0 Å². The number of benzene rings is 1. The van der Waals surface area contributed by atoms with E-state index in [1.165, 1.54) is 0 Å². The summed E-state index contributed by atoms with van der Waals surface area (Å²) in [4.78, 5) is 13.2. The van der Waals surface area contributed by atoms with Gasteiger partial charge in [0.05, 0.1) is 11.4 Å². The van der Waals surface area contributed by atoms with Crippen LogP contribution >= 0.6 is 31.9 Å². The highest BCUT2D eigenvalue weighted by Gasteiger charge is 2.12. The van der Waals surface area contributed by atoms with E-state index in [-0.39, 0.29) is 6.03 Å². The molecule has 0 aliphatic rings. The predicted octanol–water partition coefficient (Wildman–Crippen LogP) is 3.28. The third-order valence-corrected chi connectivity index (χ3v) is 3.22. The van der Waals surface area contributed by atoms with Crippen LogP contribution in [0.1, 0.15) is 6.92 Å². The normalized spacial score (nSPS) is 10.0. The number of nitrogens with one attached hydrogen (secondary N) is 1. The second-order valence-electron chi connectivity index (χ2n) is 3.30. The second-order valence-corrected chi connectivity index (χ2v) is 5.07. The van der Waals surface area contributed by atoms with Crippen molar-refractivity contribution in [1.82, 2.24) is 4.90 Å². The third kappa shape index (κ3) is 3.12. The quantitative estimate of drug-likeness (QED) is 0.804. The number of hydrogen-bond donors (Lipinski definition) is 2. The molecule has 4 nitrogen and oxygen atoms in total. The molecule has 0 atom stereocenters. The van der Waals surface area contributed by atoms with Gasteiger partial charge in [0.25, 0.3) is 0 Å². The number of nitrogens with two attached hydrogens (primary N) is 1. The Hall–Kier alpha value is -0.750. The van der Waals surface area contributed by atoms with Crippen LogP contribution in [0.5, 0.6) is 0 Å². The van der Waals surface area contributed by atoms with Crippen LogP contribution in [-0.2, 0) is 0 Å². The van der Waals surface area contributed by atoms with Crippen LogP contribution in [0.4, 0.5) is 16.2 Å². The van der Waals surface area contributed by atoms with Gasteiger partial charge in [0, 0.05) is 22.5 Å². The molecule has 1 rings (SSSR count). The first kappa shape index (κ1) is 13.3. The molecule has 16 heavy (non-hydrogen) atoms. The predicted molar refractivity (Wildman–Crippen MR) is 73.6 cm³/mol. The SMILES string of the molecule is CCN(C)C(=O)Nc1c(N)cc(Br)cc1Br. The summed E-state index contributed by atoms with van der Waals surface area (Å²) in [6.07, 6.45) is 0. The van der Waals surface area contributed by atoms with Crippen molar-refractivity contribution in [1.29, 1.82) is 0 Å². The van der Waals surface area contributed by atoms with Gasteiger partial charge in [-0.2, -0.15) is 0 Å². The number of amides is 2. The van der Waals surface area contributed by atoms with Crippen molar-refractivity contribution in [3.8, 4) is 0 Å². The van der Waals surface area contributed by atoms with Crippen LogP contribution in [0, 0.1) is 0 Å². The van der Waals surface area contributed by atoms with Gasteiger partial charge < -0.3 is 16.0 Å². The minimum Gasteiger partial charge on any atom is -0.397 e. The van der Waals surface area contributed by atoms with Gasteiger partial charge in [-0.15, -0.1) is 0 Å². The number of carbonyl (C=O) groups excluding carboxylic acids is 1. The van der Waals surface area contributed by atoms with Gasteiger partial charge in [0.2, 0.25) is 0 Å². The molecule has 0 spiro atoms. The largest absolute Gasteiger partial charge is 0.397 e. The smallest absolute Gasteiger partial charge is 0.321 e. The van der Waals surface area contributed by atoms with E-state index in [0.717, 1.165) is 8.95 Å². The number of anilines is 2. The summed E-state index contributed by atoms with van der Waals surface area (Å²) in [7, 11) is 1.72. The van der Waals surface area contributed by atoms with Crippen LogP contribution in [0.3, 0.4) is 0 Å². The number of halogens is 2. The van der Waals surface area contributed by atoms with Crippen molar-refractivity contribution < 1.29 is 4.79 Å². The molecule has 1 aromatic carbocycles. The van der Waals surface area contributed by atoms with Gasteiger partial charge in [0.1, 0.15) is 0 Å². The maximum atomic E-state index is 11.7. The first-order chi connectivity index (χ1) is 7.45. The molecule has 1 aromatic rings. The van der Waals surface area contributed by atoms with Crippen molar-refractivity contribution in [2.75, 3.05) is 24.6 Å². The van der Waals surface area contributed by atoms with Crippen molar-refractivity contribution >= 4 is 49.3 Å². The van der Waals surface area contributed by atoms with Crippen molar-refractivity contribution in [3.05, 3.63) is 21.1 Å². The lowest BCUT2D eigenvalue weighted by Crippen LogP contribution is -2.31. The Labute approximate surface area is 111 Å². The van der Waals surface area contributed by atoms with Crippen LogP contribution < -0.4 is 11.1 Å². The van der Waals surface area contributed by atoms with E-state index in [0.29, 0.717) is 17.9 Å². The van der Waals surface area contributed by atoms with Crippen LogP contribution in [0.25, 0.3) is 0 Å². The van der Waals surface area contributed by atoms with E-state index in [4.69, 9.17) is 5.73 Å². The fourth-order valence-electron chi connectivity index (χ4n) is 1.07. The summed E-state index contributed by atoms with van der Waals surface area (Å²) in [6, 6.07) is 3.39. The second kappa shape index (κ2) is 5.54. The maximum absolute atomic E-state index is 11.7. The Bertz CT molecular complexity index is 386. The Morgan fingerprint density at radius 3 is 2.62 bits per heavy atom. The fraction of sp³-hybridized carbons (Fsp3) is 0.300. The third-order valence-electron chi connectivity index (χ3n) is 2.14. The summed E-state index contributed by atoms with van der Waals surface area (Å²) in [5, 5.41) is 2.75. The molecule has 0 saturated heterocycles. The molecule has 0 heterocycles. The molecule has 6 heteroatoms. The topological polar surface area (TPSA) is 58.4 Å². The van der Waals surface area contributed by atoms with E-state index in [1.807, 2.05) is 13.0 Å². The summed E-state index contributed by atoms with van der Waals surface area (Å²) in [5.74, 6) is 0. The Kier molecular flexibility index (Phi) is 4.61. The average molecular weight is 351 g/mol. The highest BCUT2D eigenvalue weighted by Crippen LogP contribution is 2.32. The lowest BCUT2D eigenvalue weighted by Gasteiger charge is -2.17. The summed E-state index contributed by atoms with van der Waals surface area (Å²) < 4.78 is 1.61. The fourth-order valence-corrected chi connectivity index (χ4v) is 2.43. The Morgan fingerprint density at radius 1 is 1.50 bits per heavy atom. The Balaban J connectivity index is 2.93. The molecule has 0 fully saturated rings. The molecule has 0 aromatic heterocycles. The summed E-state index contributed by atoms with van der Waals surface area (Å²) in [5.41, 5.74) is 6.92. The maximum Gasteiger partial charge on any atom is 0.321 e. The van der Waals surface area contributed by atoms with Crippen LogP contribution in [0.15, 0.2) is 21.1 Å². The number of nitrogen functional groups attached to an aromatic ring is 1. The summed E-state index contributed by atoms with van der Waals surface area (Å²) in [6.45, 7) is 2.54. The van der Waals surface area contributed by atoms with Gasteiger partial charge in [-0.3, -0.25) is 0 Å². The van der Waals surface area contributed by atoms with Crippen molar-refractivity contribution in [2.45, 2.75) is 6.92 Å². The van der Waals surface area contributed by atoms with Gasteiger partial charge in [-0.25, -0.2) is 4.79 Å².